The van der Waals surface area contributed by atoms with Crippen molar-refractivity contribution in [3.8, 4) is 0 Å². The molecule has 0 unspecified atom stereocenters. The second kappa shape index (κ2) is 10.8. The summed E-state index contributed by atoms with van der Waals surface area (Å²) in [5, 5.41) is 0. The fraction of sp³-hybridized carbons (Fsp3) is 0.500. The van der Waals surface area contributed by atoms with E-state index in [1.54, 1.807) is 6.08 Å². The average molecular weight is 274 g/mol. The lowest BCUT2D eigenvalue weighted by atomic mass is 10.5. The molecule has 0 aromatic carbocycles. The van der Waals surface area contributed by atoms with Crippen molar-refractivity contribution >= 4 is 20.2 Å². The van der Waals surface area contributed by atoms with Crippen molar-refractivity contribution in [1.82, 2.24) is 0 Å². The molecule has 0 radical (unpaired) electrons. The first-order valence-corrected chi connectivity index (χ1v) is 7.49. The van der Waals surface area contributed by atoms with Gasteiger partial charge in [0.05, 0.1) is 12.0 Å². The van der Waals surface area contributed by atoms with Gasteiger partial charge < -0.3 is 0 Å². The SMILES string of the molecule is C=CC.C=CCCS(=O)(=O)O.CS(=O)(=O)O. The van der Waals surface area contributed by atoms with E-state index in [9.17, 15) is 16.8 Å². The lowest BCUT2D eigenvalue weighted by molar-refractivity contribution is 0.482. The Hall–Kier alpha value is -0.700. The molecule has 0 fully saturated rings. The summed E-state index contributed by atoms with van der Waals surface area (Å²) in [5.74, 6) is -0.226. The van der Waals surface area contributed by atoms with E-state index in [1.165, 1.54) is 6.08 Å². The van der Waals surface area contributed by atoms with Gasteiger partial charge in [0.1, 0.15) is 0 Å². The zero-order valence-corrected chi connectivity index (χ0v) is 11.0. The molecule has 0 saturated heterocycles. The van der Waals surface area contributed by atoms with Crippen LogP contribution in [0, 0.1) is 0 Å². The van der Waals surface area contributed by atoms with E-state index in [4.69, 9.17) is 9.11 Å². The highest BCUT2D eigenvalue weighted by molar-refractivity contribution is 7.85. The van der Waals surface area contributed by atoms with Gasteiger partial charge in [-0.1, -0.05) is 12.2 Å². The molecule has 0 aromatic rings. The van der Waals surface area contributed by atoms with Gasteiger partial charge in [-0.15, -0.1) is 13.2 Å². The molecule has 0 aliphatic rings. The Morgan fingerprint density at radius 2 is 1.38 bits per heavy atom. The van der Waals surface area contributed by atoms with Crippen LogP contribution in [0.3, 0.4) is 0 Å². The van der Waals surface area contributed by atoms with Crippen molar-refractivity contribution < 1.29 is 25.9 Å². The van der Waals surface area contributed by atoms with Crippen LogP contribution in [0.5, 0.6) is 0 Å². The molecular weight excluding hydrogens is 256 g/mol. The van der Waals surface area contributed by atoms with E-state index in [0.717, 1.165) is 0 Å². The predicted octanol–water partition coefficient (Wildman–Crippen LogP) is 1.15. The molecule has 0 aromatic heterocycles. The maximum Gasteiger partial charge on any atom is 0.265 e. The molecule has 0 rings (SSSR count). The molecular formula is C8H18O6S2. The van der Waals surface area contributed by atoms with Gasteiger partial charge in [0.15, 0.2) is 0 Å². The molecule has 16 heavy (non-hydrogen) atoms. The standard InChI is InChI=1S/C4H8O3S.C3H6.CH4O3S/c1-2-3-4-8(5,6)7;1-3-2;1-5(2,3)4/h2H,1,3-4H2,(H,5,6,7);3H,1H2,2H3;1H3,(H,2,3,4). The van der Waals surface area contributed by atoms with Crippen molar-refractivity contribution in [1.29, 1.82) is 0 Å². The smallest absolute Gasteiger partial charge is 0.265 e. The summed E-state index contributed by atoms with van der Waals surface area (Å²) in [6.07, 6.45) is 4.21. The van der Waals surface area contributed by atoms with Crippen molar-refractivity contribution in [2.24, 2.45) is 0 Å². The molecule has 0 atom stereocenters. The highest BCUT2D eigenvalue weighted by Gasteiger charge is 1.99. The van der Waals surface area contributed by atoms with E-state index in [2.05, 4.69) is 13.2 Å². The van der Waals surface area contributed by atoms with Crippen LogP contribution in [0.2, 0.25) is 0 Å². The van der Waals surface area contributed by atoms with Crippen LogP contribution in [0.1, 0.15) is 13.3 Å². The van der Waals surface area contributed by atoms with Crippen molar-refractivity contribution in [2.75, 3.05) is 12.0 Å². The van der Waals surface area contributed by atoms with Crippen molar-refractivity contribution in [3.05, 3.63) is 25.3 Å². The normalized spacial score (nSPS) is 10.0. The number of hydrogen-bond donors (Lipinski definition) is 2. The van der Waals surface area contributed by atoms with Crippen LogP contribution in [0.4, 0.5) is 0 Å². The fourth-order valence-electron chi connectivity index (χ4n) is 0.232. The summed E-state index contributed by atoms with van der Waals surface area (Å²) in [7, 11) is -7.42. The van der Waals surface area contributed by atoms with Gasteiger partial charge in [-0.05, 0) is 13.3 Å². The van der Waals surface area contributed by atoms with Crippen LogP contribution in [0.25, 0.3) is 0 Å². The Bertz CT molecular complexity index is 357. The van der Waals surface area contributed by atoms with Crippen molar-refractivity contribution in [2.45, 2.75) is 13.3 Å². The monoisotopic (exact) mass is 274 g/mol. The van der Waals surface area contributed by atoms with E-state index >= 15 is 0 Å². The topological polar surface area (TPSA) is 109 Å². The first-order valence-electron chi connectivity index (χ1n) is 4.03. The summed E-state index contributed by atoms with van der Waals surface area (Å²) < 4.78 is 53.7. The molecule has 0 amide bonds. The van der Waals surface area contributed by atoms with Gasteiger partial charge >= 0.3 is 0 Å². The van der Waals surface area contributed by atoms with Gasteiger partial charge in [0.2, 0.25) is 0 Å². The van der Waals surface area contributed by atoms with Crippen LogP contribution in [-0.4, -0.2) is 37.9 Å². The molecule has 6 nitrogen and oxygen atoms in total. The average Bonchev–Trinajstić information content (AvgIpc) is 1.97. The predicted molar refractivity (Wildman–Crippen MR) is 64.6 cm³/mol. The first-order chi connectivity index (χ1) is 6.97. The second-order valence-electron chi connectivity index (χ2n) is 2.50. The third-order valence-corrected chi connectivity index (χ3v) is 1.33. The van der Waals surface area contributed by atoms with Gasteiger partial charge in [-0.25, -0.2) is 0 Å². The van der Waals surface area contributed by atoms with Gasteiger partial charge in [-0.3, -0.25) is 9.11 Å². The number of allylic oxidation sites excluding steroid dienone is 2. The summed E-state index contributed by atoms with van der Waals surface area (Å²) in [4.78, 5) is 0. The Morgan fingerprint density at radius 1 is 1.12 bits per heavy atom. The lowest BCUT2D eigenvalue weighted by Gasteiger charge is -1.87. The van der Waals surface area contributed by atoms with E-state index in [0.29, 0.717) is 12.7 Å². The highest BCUT2D eigenvalue weighted by atomic mass is 32.2. The van der Waals surface area contributed by atoms with E-state index in [-0.39, 0.29) is 5.75 Å². The third-order valence-electron chi connectivity index (χ3n) is 0.580. The molecule has 0 aliphatic heterocycles. The molecule has 2 N–H and O–H groups in total. The molecule has 0 saturated carbocycles. The quantitative estimate of drug-likeness (QED) is 0.590. The fourth-order valence-corrected chi connectivity index (χ4v) is 0.697. The minimum absolute atomic E-state index is 0.226. The Labute approximate surface area is 97.2 Å². The van der Waals surface area contributed by atoms with Crippen molar-refractivity contribution in [3.63, 3.8) is 0 Å². The Morgan fingerprint density at radius 3 is 1.44 bits per heavy atom. The van der Waals surface area contributed by atoms with Crippen LogP contribution >= 0.6 is 0 Å². The maximum absolute atomic E-state index is 9.90. The molecule has 8 heteroatoms. The summed E-state index contributed by atoms with van der Waals surface area (Å²) in [6.45, 7) is 8.54. The van der Waals surface area contributed by atoms with Gasteiger partial charge in [0, 0.05) is 0 Å². The van der Waals surface area contributed by atoms with Crippen LogP contribution in [0.15, 0.2) is 25.3 Å². The Kier molecular flexibility index (Phi) is 14.0. The highest BCUT2D eigenvalue weighted by Crippen LogP contribution is 1.86. The van der Waals surface area contributed by atoms with E-state index < -0.39 is 20.2 Å². The second-order valence-corrected chi connectivity index (χ2v) is 5.54. The molecule has 0 aliphatic carbocycles. The third kappa shape index (κ3) is 109. The zero-order chi connectivity index (χ0) is 13.8. The minimum Gasteiger partial charge on any atom is -0.286 e. The molecule has 0 spiro atoms. The number of rotatable bonds is 3. The lowest BCUT2D eigenvalue weighted by Crippen LogP contribution is -2.01. The molecule has 0 heterocycles. The Balaban J connectivity index is -0.000000181. The zero-order valence-electron chi connectivity index (χ0n) is 9.33. The molecule has 98 valence electrons. The molecule has 0 bridgehead atoms. The number of hydrogen-bond acceptors (Lipinski definition) is 4. The van der Waals surface area contributed by atoms with Gasteiger partial charge in [-0.2, -0.15) is 16.8 Å². The maximum atomic E-state index is 9.90. The van der Waals surface area contributed by atoms with Crippen LogP contribution < -0.4 is 0 Å². The summed E-state index contributed by atoms with van der Waals surface area (Å²) in [5.41, 5.74) is 0. The van der Waals surface area contributed by atoms with Crippen LogP contribution in [-0.2, 0) is 20.2 Å². The summed E-state index contributed by atoms with van der Waals surface area (Å²) in [6, 6.07) is 0. The first kappa shape index (κ1) is 20.7. The van der Waals surface area contributed by atoms with Gasteiger partial charge in [0.25, 0.3) is 20.2 Å². The van der Waals surface area contributed by atoms with E-state index in [1.807, 2.05) is 6.92 Å². The summed E-state index contributed by atoms with van der Waals surface area (Å²) >= 11 is 0. The minimum atomic E-state index is -3.76. The largest absolute Gasteiger partial charge is 0.286 e.